The number of fused-ring (bicyclic) bond motifs is 3. The average Bonchev–Trinajstić information content (AvgIpc) is 3.10. The standard InChI is InChI=1S/C21H26N4O3/c1-12(2)18-17-14(13-7-5-6-8-15(13)22-17)9-10-24(18)16(26)11-25-20(28)23-19(27)21(25,3)4/h5-8,12,18,22H,9-11H2,1-4H3,(H,23,27,28). The third-order valence-corrected chi connectivity index (χ3v) is 6.02. The van der Waals surface area contributed by atoms with Gasteiger partial charge < -0.3 is 14.8 Å². The molecule has 1 aromatic heterocycles. The fourth-order valence-corrected chi connectivity index (χ4v) is 4.43. The van der Waals surface area contributed by atoms with E-state index in [2.05, 4.69) is 36.3 Å². The van der Waals surface area contributed by atoms with E-state index in [4.69, 9.17) is 0 Å². The van der Waals surface area contributed by atoms with Crippen molar-refractivity contribution in [3.8, 4) is 0 Å². The summed E-state index contributed by atoms with van der Waals surface area (Å²) in [6.45, 7) is 8.01. The molecule has 1 saturated heterocycles. The van der Waals surface area contributed by atoms with Crippen molar-refractivity contribution in [3.63, 3.8) is 0 Å². The first-order chi connectivity index (χ1) is 13.2. The predicted molar refractivity (Wildman–Crippen MR) is 106 cm³/mol. The number of benzene rings is 1. The number of hydrogen-bond donors (Lipinski definition) is 2. The number of carbonyl (C=O) groups is 3. The smallest absolute Gasteiger partial charge is 0.325 e. The maximum atomic E-state index is 13.2. The summed E-state index contributed by atoms with van der Waals surface area (Å²) < 4.78 is 0. The Balaban J connectivity index is 1.65. The minimum Gasteiger partial charge on any atom is -0.356 e. The molecule has 2 aliphatic heterocycles. The van der Waals surface area contributed by atoms with Crippen LogP contribution in [-0.4, -0.2) is 51.3 Å². The van der Waals surface area contributed by atoms with Crippen LogP contribution >= 0.6 is 0 Å². The van der Waals surface area contributed by atoms with Gasteiger partial charge in [0.05, 0.1) is 6.04 Å². The van der Waals surface area contributed by atoms with Crippen molar-refractivity contribution in [3.05, 3.63) is 35.5 Å². The minimum absolute atomic E-state index is 0.0897. The fourth-order valence-electron chi connectivity index (χ4n) is 4.43. The van der Waals surface area contributed by atoms with Gasteiger partial charge in [-0.25, -0.2) is 4.79 Å². The molecular formula is C21H26N4O3. The molecule has 1 aromatic carbocycles. The van der Waals surface area contributed by atoms with Crippen LogP contribution in [0.15, 0.2) is 24.3 Å². The van der Waals surface area contributed by atoms with E-state index in [-0.39, 0.29) is 30.3 Å². The molecule has 7 heteroatoms. The normalized spacial score (nSPS) is 21.4. The van der Waals surface area contributed by atoms with Gasteiger partial charge in [-0.15, -0.1) is 0 Å². The van der Waals surface area contributed by atoms with E-state index in [9.17, 15) is 14.4 Å². The molecule has 0 radical (unpaired) electrons. The average molecular weight is 382 g/mol. The molecule has 0 spiro atoms. The molecule has 0 aliphatic carbocycles. The molecule has 2 aromatic rings. The molecule has 1 atom stereocenters. The first-order valence-electron chi connectivity index (χ1n) is 9.74. The molecule has 3 heterocycles. The third kappa shape index (κ3) is 2.68. The quantitative estimate of drug-likeness (QED) is 0.800. The van der Waals surface area contributed by atoms with Crippen molar-refractivity contribution in [1.82, 2.24) is 20.1 Å². The van der Waals surface area contributed by atoms with Gasteiger partial charge in [-0.2, -0.15) is 0 Å². The Bertz CT molecular complexity index is 975. The van der Waals surface area contributed by atoms with Crippen molar-refractivity contribution in [2.45, 2.75) is 45.7 Å². The number of nitrogens with one attached hydrogen (secondary N) is 2. The van der Waals surface area contributed by atoms with Gasteiger partial charge in [-0.05, 0) is 37.8 Å². The van der Waals surface area contributed by atoms with Crippen molar-refractivity contribution in [1.29, 1.82) is 0 Å². The Morgan fingerprint density at radius 1 is 1.25 bits per heavy atom. The van der Waals surface area contributed by atoms with Crippen LogP contribution in [0.3, 0.4) is 0 Å². The van der Waals surface area contributed by atoms with Crippen LogP contribution in [0.1, 0.15) is 45.0 Å². The van der Waals surface area contributed by atoms with E-state index in [1.54, 1.807) is 13.8 Å². The second-order valence-electron chi connectivity index (χ2n) is 8.49. The van der Waals surface area contributed by atoms with Crippen LogP contribution in [0.25, 0.3) is 10.9 Å². The molecular weight excluding hydrogens is 356 g/mol. The zero-order chi connectivity index (χ0) is 20.2. The molecule has 1 fully saturated rings. The minimum atomic E-state index is -1.03. The summed E-state index contributed by atoms with van der Waals surface area (Å²) in [5, 5.41) is 3.51. The number of aromatic nitrogens is 1. The molecule has 4 rings (SSSR count). The van der Waals surface area contributed by atoms with Gasteiger partial charge in [-0.3, -0.25) is 14.9 Å². The van der Waals surface area contributed by atoms with Crippen molar-refractivity contribution >= 4 is 28.7 Å². The number of para-hydroxylation sites is 1. The summed E-state index contributed by atoms with van der Waals surface area (Å²) in [6, 6.07) is 7.61. The molecule has 7 nitrogen and oxygen atoms in total. The first kappa shape index (κ1) is 18.5. The number of urea groups is 1. The molecule has 1 unspecified atom stereocenters. The summed E-state index contributed by atoms with van der Waals surface area (Å²) in [5.74, 6) is -0.304. The van der Waals surface area contributed by atoms with Gasteiger partial charge in [0.15, 0.2) is 0 Å². The van der Waals surface area contributed by atoms with Crippen LogP contribution < -0.4 is 5.32 Å². The molecule has 148 valence electrons. The number of nitrogens with zero attached hydrogens (tertiary/aromatic N) is 2. The molecule has 4 amide bonds. The van der Waals surface area contributed by atoms with Gasteiger partial charge in [-0.1, -0.05) is 32.0 Å². The van der Waals surface area contributed by atoms with Gasteiger partial charge in [0.1, 0.15) is 12.1 Å². The third-order valence-electron chi connectivity index (χ3n) is 6.02. The second kappa shape index (κ2) is 6.36. The zero-order valence-electron chi connectivity index (χ0n) is 16.7. The SMILES string of the molecule is CC(C)C1c2[nH]c3ccccc3c2CCN1C(=O)CN1C(=O)NC(=O)C1(C)C. The fraction of sp³-hybridized carbons (Fsp3) is 0.476. The number of H-pyrrole nitrogens is 1. The molecule has 2 aliphatic rings. The van der Waals surface area contributed by atoms with Gasteiger partial charge in [0.2, 0.25) is 5.91 Å². The van der Waals surface area contributed by atoms with Gasteiger partial charge in [0, 0.05) is 23.1 Å². The maximum Gasteiger partial charge on any atom is 0.325 e. The van der Waals surface area contributed by atoms with Crippen molar-refractivity contribution in [2.75, 3.05) is 13.1 Å². The highest BCUT2D eigenvalue weighted by Gasteiger charge is 2.47. The monoisotopic (exact) mass is 382 g/mol. The highest BCUT2D eigenvalue weighted by Crippen LogP contribution is 2.38. The van der Waals surface area contributed by atoms with Crippen LogP contribution in [0.4, 0.5) is 4.79 Å². The lowest BCUT2D eigenvalue weighted by molar-refractivity contribution is -0.137. The number of carbonyl (C=O) groups excluding carboxylic acids is 3. The summed E-state index contributed by atoms with van der Waals surface area (Å²) in [4.78, 5) is 44.1. The topological polar surface area (TPSA) is 85.5 Å². The summed E-state index contributed by atoms with van der Waals surface area (Å²) >= 11 is 0. The van der Waals surface area contributed by atoms with E-state index in [0.717, 1.165) is 17.6 Å². The van der Waals surface area contributed by atoms with Gasteiger partial charge >= 0.3 is 6.03 Å². The van der Waals surface area contributed by atoms with Gasteiger partial charge in [0.25, 0.3) is 5.91 Å². The maximum absolute atomic E-state index is 13.2. The summed E-state index contributed by atoms with van der Waals surface area (Å²) in [7, 11) is 0. The lowest BCUT2D eigenvalue weighted by Gasteiger charge is -2.39. The lowest BCUT2D eigenvalue weighted by Crippen LogP contribution is -2.52. The first-order valence-corrected chi connectivity index (χ1v) is 9.74. The Morgan fingerprint density at radius 3 is 2.61 bits per heavy atom. The number of amides is 4. The van der Waals surface area contributed by atoms with E-state index < -0.39 is 11.6 Å². The van der Waals surface area contributed by atoms with E-state index in [1.165, 1.54) is 15.8 Å². The second-order valence-corrected chi connectivity index (χ2v) is 8.49. The van der Waals surface area contributed by atoms with Crippen molar-refractivity contribution < 1.29 is 14.4 Å². The number of imide groups is 1. The Morgan fingerprint density at radius 2 is 1.96 bits per heavy atom. The van der Waals surface area contributed by atoms with Crippen LogP contribution in [0.2, 0.25) is 0 Å². The van der Waals surface area contributed by atoms with E-state index in [0.29, 0.717) is 6.54 Å². The zero-order valence-corrected chi connectivity index (χ0v) is 16.7. The van der Waals surface area contributed by atoms with Crippen LogP contribution in [-0.2, 0) is 16.0 Å². The van der Waals surface area contributed by atoms with Crippen molar-refractivity contribution in [2.24, 2.45) is 5.92 Å². The highest BCUT2D eigenvalue weighted by atomic mass is 16.2. The lowest BCUT2D eigenvalue weighted by atomic mass is 9.90. The molecule has 0 bridgehead atoms. The predicted octanol–water partition coefficient (Wildman–Crippen LogP) is 2.58. The number of hydrogen-bond acceptors (Lipinski definition) is 3. The molecule has 2 N–H and O–H groups in total. The summed E-state index contributed by atoms with van der Waals surface area (Å²) in [6.07, 6.45) is 0.767. The number of aromatic amines is 1. The molecule has 0 saturated carbocycles. The molecule has 28 heavy (non-hydrogen) atoms. The summed E-state index contributed by atoms with van der Waals surface area (Å²) in [5.41, 5.74) is 2.41. The van der Waals surface area contributed by atoms with Crippen LogP contribution in [0.5, 0.6) is 0 Å². The largest absolute Gasteiger partial charge is 0.356 e. The van der Waals surface area contributed by atoms with E-state index in [1.807, 2.05) is 17.0 Å². The van der Waals surface area contributed by atoms with Crippen LogP contribution in [0, 0.1) is 5.92 Å². The highest BCUT2D eigenvalue weighted by molar-refractivity contribution is 6.07. The Labute approximate surface area is 164 Å². The number of rotatable bonds is 3. The Hall–Kier alpha value is -2.83. The Kier molecular flexibility index (Phi) is 4.21. The van der Waals surface area contributed by atoms with E-state index >= 15 is 0 Å².